The first-order chi connectivity index (χ1) is 7.27. The van der Waals surface area contributed by atoms with E-state index in [1.807, 2.05) is 0 Å². The predicted molar refractivity (Wildman–Crippen MR) is 39.4 cm³/mol. The first-order valence-electron chi connectivity index (χ1n) is 3.80. The maximum absolute atomic E-state index is 9.90. The monoisotopic (exact) mass is 264 g/mol. The Morgan fingerprint density at radius 3 is 1.75 bits per heavy atom. The lowest BCUT2D eigenvalue weighted by molar-refractivity contribution is -1.63. The molecular formula is C6H13ClO9. The lowest BCUT2D eigenvalue weighted by atomic mass is 10.0. The molecule has 0 bridgehead atoms. The standard InChI is InChI=1S/C6H12O6.ClHO3/c7-1-3(9)5(11)6(12)4(10)2-8;2-1(3)4/h1,3-6,8-12H,2H2;2H/t3-,4+,5+,6+;/m0./s1. The molecule has 98 valence electrons. The summed E-state index contributed by atoms with van der Waals surface area (Å²) in [6, 6.07) is 0. The van der Waals surface area contributed by atoms with Gasteiger partial charge in [0.1, 0.15) is 24.4 Å². The molecule has 0 aromatic heterocycles. The van der Waals surface area contributed by atoms with Crippen molar-refractivity contribution in [3.63, 3.8) is 0 Å². The molecule has 0 radical (unpaired) electrons. The Morgan fingerprint density at radius 1 is 1.12 bits per heavy atom. The van der Waals surface area contributed by atoms with Crippen molar-refractivity contribution in [2.24, 2.45) is 0 Å². The first kappa shape index (κ1) is 18.0. The Labute approximate surface area is 93.2 Å². The highest BCUT2D eigenvalue weighted by Gasteiger charge is 2.29. The molecule has 0 aromatic carbocycles. The van der Waals surface area contributed by atoms with E-state index < -0.39 is 41.8 Å². The highest BCUT2D eigenvalue weighted by molar-refractivity contribution is 5.56. The van der Waals surface area contributed by atoms with Crippen LogP contribution in [-0.2, 0) is 4.79 Å². The molecule has 0 aromatic rings. The Balaban J connectivity index is 0. The van der Waals surface area contributed by atoms with E-state index in [4.69, 9.17) is 39.5 Å². The van der Waals surface area contributed by atoms with Crippen molar-refractivity contribution < 1.29 is 55.1 Å². The second-order valence-electron chi connectivity index (χ2n) is 2.56. The molecule has 9 nitrogen and oxygen atoms in total. The predicted octanol–water partition coefficient (Wildman–Crippen LogP) is -6.31. The maximum Gasteiger partial charge on any atom is 0.282 e. The molecule has 0 aliphatic heterocycles. The Hall–Kier alpha value is -0.360. The molecule has 0 aliphatic rings. The number of aldehydes is 1. The van der Waals surface area contributed by atoms with Gasteiger partial charge in [-0.1, -0.05) is 0 Å². The van der Waals surface area contributed by atoms with Gasteiger partial charge in [0, 0.05) is 4.66 Å². The molecule has 4 atom stereocenters. The van der Waals surface area contributed by atoms with Crippen LogP contribution in [0.25, 0.3) is 0 Å². The number of halogens is 1. The zero-order valence-corrected chi connectivity index (χ0v) is 8.64. The van der Waals surface area contributed by atoms with E-state index in [2.05, 4.69) is 0 Å². The van der Waals surface area contributed by atoms with Crippen molar-refractivity contribution in [3.05, 3.63) is 0 Å². The van der Waals surface area contributed by atoms with Gasteiger partial charge in [0.05, 0.1) is 6.61 Å². The van der Waals surface area contributed by atoms with Crippen molar-refractivity contribution in [1.29, 1.82) is 0 Å². The zero-order chi connectivity index (χ0) is 13.3. The third-order valence-electron chi connectivity index (χ3n) is 1.42. The SMILES string of the molecule is O=C[C@H](O)[C@@H](O)[C@H](O)[C@H](O)CO.[O-][Cl+2]([O-])O. The van der Waals surface area contributed by atoms with Gasteiger partial charge in [-0.25, -0.2) is 0 Å². The number of rotatable bonds is 5. The van der Waals surface area contributed by atoms with E-state index in [-0.39, 0.29) is 6.29 Å². The summed E-state index contributed by atoms with van der Waals surface area (Å²) in [6.07, 6.45) is -6.84. The van der Waals surface area contributed by atoms with Gasteiger partial charge in [0.25, 0.3) is 10.8 Å². The fourth-order valence-electron chi connectivity index (χ4n) is 0.618. The molecule has 0 saturated heterocycles. The average Bonchev–Trinajstić information content (AvgIpc) is 2.24. The topological polar surface area (TPSA) is 185 Å². The van der Waals surface area contributed by atoms with E-state index >= 15 is 0 Å². The lowest BCUT2D eigenvalue weighted by Gasteiger charge is -2.22. The van der Waals surface area contributed by atoms with Crippen LogP contribution in [-0.4, -0.2) is 67.5 Å². The quantitative estimate of drug-likeness (QED) is 0.263. The summed E-state index contributed by atoms with van der Waals surface area (Å²) in [5.74, 6) is 0. The van der Waals surface area contributed by atoms with Crippen molar-refractivity contribution in [1.82, 2.24) is 0 Å². The highest BCUT2D eigenvalue weighted by Crippen LogP contribution is 2.02. The average molecular weight is 265 g/mol. The van der Waals surface area contributed by atoms with Crippen LogP contribution >= 0.6 is 0 Å². The minimum atomic E-state index is -2.60. The molecule has 0 fully saturated rings. The molecule has 0 unspecified atom stereocenters. The highest BCUT2D eigenvalue weighted by atomic mass is 35.6. The van der Waals surface area contributed by atoms with Crippen molar-refractivity contribution in [2.45, 2.75) is 24.4 Å². The number of carbonyl (C=O) groups excluding carboxylic acids is 1. The largest absolute Gasteiger partial charge is 0.394 e. The summed E-state index contributed by atoms with van der Waals surface area (Å²) < 4.78 is 24.0. The molecule has 0 aliphatic carbocycles. The van der Waals surface area contributed by atoms with Gasteiger partial charge in [-0.15, -0.1) is 0 Å². The molecule has 6 N–H and O–H groups in total. The lowest BCUT2D eigenvalue weighted by Crippen LogP contribution is -2.46. The maximum atomic E-state index is 9.90. The minimum absolute atomic E-state index is 0.0258. The van der Waals surface area contributed by atoms with Crippen LogP contribution in [0.5, 0.6) is 0 Å². The van der Waals surface area contributed by atoms with Gasteiger partial charge in [0.2, 0.25) is 0 Å². The Kier molecular flexibility index (Phi) is 11.1. The van der Waals surface area contributed by atoms with Crippen LogP contribution < -0.4 is 9.32 Å². The summed E-state index contributed by atoms with van der Waals surface area (Å²) in [7, 11) is -2.60. The number of aliphatic hydroxyl groups is 5. The molecule has 0 amide bonds. The Morgan fingerprint density at radius 2 is 1.50 bits per heavy atom. The minimum Gasteiger partial charge on any atom is -0.394 e. The van der Waals surface area contributed by atoms with Crippen LogP contribution in [0.1, 0.15) is 0 Å². The smallest absolute Gasteiger partial charge is 0.282 e. The zero-order valence-electron chi connectivity index (χ0n) is 7.88. The normalized spacial score (nSPS) is 18.1. The van der Waals surface area contributed by atoms with Crippen LogP contribution in [0.2, 0.25) is 0 Å². The van der Waals surface area contributed by atoms with Crippen LogP contribution in [0, 0.1) is 10.8 Å². The summed E-state index contributed by atoms with van der Waals surface area (Å²) in [5.41, 5.74) is 0. The molecule has 0 saturated carbocycles. The van der Waals surface area contributed by atoms with Gasteiger partial charge in [-0.3, -0.25) is 0 Å². The fourth-order valence-corrected chi connectivity index (χ4v) is 0.618. The van der Waals surface area contributed by atoms with Gasteiger partial charge < -0.3 is 39.6 Å². The van der Waals surface area contributed by atoms with E-state index in [0.29, 0.717) is 0 Å². The van der Waals surface area contributed by atoms with Gasteiger partial charge >= 0.3 is 0 Å². The second-order valence-corrected chi connectivity index (χ2v) is 2.96. The van der Waals surface area contributed by atoms with E-state index in [0.717, 1.165) is 0 Å². The molecule has 0 heterocycles. The summed E-state index contributed by atoms with van der Waals surface area (Å²) in [5, 5.41) is 43.5. The second kappa shape index (κ2) is 9.84. The van der Waals surface area contributed by atoms with E-state index in [1.165, 1.54) is 0 Å². The third-order valence-corrected chi connectivity index (χ3v) is 1.42. The molecule has 0 rings (SSSR count). The van der Waals surface area contributed by atoms with Gasteiger partial charge in [-0.2, -0.15) is 0 Å². The number of hydrogen-bond donors (Lipinski definition) is 6. The van der Waals surface area contributed by atoms with Crippen molar-refractivity contribution in [2.75, 3.05) is 6.61 Å². The van der Waals surface area contributed by atoms with E-state index in [1.54, 1.807) is 0 Å². The molecule has 0 spiro atoms. The third kappa shape index (κ3) is 8.91. The van der Waals surface area contributed by atoms with Crippen LogP contribution in [0.4, 0.5) is 0 Å². The fraction of sp³-hybridized carbons (Fsp3) is 0.833. The summed E-state index contributed by atoms with van der Waals surface area (Å²) >= 11 is 0. The Bertz CT molecular complexity index is 175. The molecule has 16 heavy (non-hydrogen) atoms. The van der Waals surface area contributed by atoms with Gasteiger partial charge in [0.15, 0.2) is 6.29 Å². The van der Waals surface area contributed by atoms with Gasteiger partial charge in [-0.05, 0) is 0 Å². The summed E-state index contributed by atoms with van der Waals surface area (Å²) in [6.45, 7) is -0.760. The van der Waals surface area contributed by atoms with Crippen molar-refractivity contribution in [3.8, 4) is 0 Å². The van der Waals surface area contributed by atoms with Crippen molar-refractivity contribution >= 4 is 6.29 Å². The number of carbonyl (C=O) groups is 1. The first-order valence-corrected chi connectivity index (χ1v) is 4.76. The van der Waals surface area contributed by atoms with Crippen LogP contribution in [0.15, 0.2) is 0 Å². The van der Waals surface area contributed by atoms with Crippen LogP contribution in [0.3, 0.4) is 0 Å². The number of hydrogen-bond acceptors (Lipinski definition) is 9. The number of aliphatic hydroxyl groups excluding tert-OH is 5. The molecular weight excluding hydrogens is 252 g/mol. The van der Waals surface area contributed by atoms with E-state index in [9.17, 15) is 4.79 Å². The summed E-state index contributed by atoms with van der Waals surface area (Å²) in [4.78, 5) is 9.90. The molecule has 10 heteroatoms.